The van der Waals surface area contributed by atoms with Crippen LogP contribution in [0.25, 0.3) is 0 Å². The van der Waals surface area contributed by atoms with Crippen LogP contribution < -0.4 is 0 Å². The molecule has 0 aromatic heterocycles. The minimum Gasteiger partial charge on any atom is -0.759 e. The maximum Gasteiger partial charge on any atom is 0.0839 e. The first-order valence-electron chi connectivity index (χ1n) is 12.0. The summed E-state index contributed by atoms with van der Waals surface area (Å²) in [6.45, 7) is 37.6. The van der Waals surface area contributed by atoms with Gasteiger partial charge in [0.25, 0.3) is 0 Å². The topological polar surface area (TPSA) is 80.3 Å². The Morgan fingerprint density at radius 3 is 0.452 bits per heavy atom. The van der Waals surface area contributed by atoms with Crippen molar-refractivity contribution in [3.05, 3.63) is 0 Å². The van der Waals surface area contributed by atoms with Crippen LogP contribution in [-0.2, 0) is 10.4 Å². The smallest absolute Gasteiger partial charge is 0.0839 e. The van der Waals surface area contributed by atoms with Gasteiger partial charge < -0.3 is 18.1 Å². The third-order valence-electron chi connectivity index (χ3n) is 7.16. The molecule has 0 atom stereocenters. The molecule has 0 bridgehead atoms. The highest BCUT2D eigenvalue weighted by Gasteiger charge is 2.41. The molecule has 0 fully saturated rings. The van der Waals surface area contributed by atoms with Gasteiger partial charge >= 0.3 is 0 Å². The Morgan fingerprint density at radius 1 is 0.387 bits per heavy atom. The number of hydrogen-bond acceptors (Lipinski definition) is 4. The summed E-state index contributed by atoms with van der Waals surface area (Å²) in [5.74, 6) is 0. The maximum atomic E-state index is 8.52. The number of nitrogens with zero attached hydrogens (tertiary/aromatic N) is 2. The molecule has 0 aromatic carbocycles. The molecule has 0 heterocycles. The van der Waals surface area contributed by atoms with E-state index < -0.39 is 10.4 Å². The number of hydrogen-bond donors (Lipinski definition) is 0. The van der Waals surface area contributed by atoms with E-state index in [1.807, 2.05) is 0 Å². The van der Waals surface area contributed by atoms with E-state index >= 15 is 0 Å². The van der Waals surface area contributed by atoms with E-state index in [-0.39, 0.29) is 0 Å². The highest BCUT2D eigenvalue weighted by molar-refractivity contribution is 7.79. The summed E-state index contributed by atoms with van der Waals surface area (Å²) in [5, 5.41) is 0. The molecule has 6 nitrogen and oxygen atoms in total. The molecule has 0 unspecified atom stereocenters. The van der Waals surface area contributed by atoms with Gasteiger partial charge in [-0.15, -0.1) is 0 Å². The Morgan fingerprint density at radius 2 is 0.452 bits per heavy atom. The van der Waals surface area contributed by atoms with Gasteiger partial charge in [-0.2, -0.15) is 0 Å². The summed E-state index contributed by atoms with van der Waals surface area (Å²) in [6, 6.07) is 5.67. The average molecular weight is 469 g/mol. The van der Waals surface area contributed by atoms with Crippen LogP contribution in [0.4, 0.5) is 0 Å². The first kappa shape index (κ1) is 35.4. The zero-order valence-corrected chi connectivity index (χ0v) is 24.4. The second kappa shape index (κ2) is 14.1. The van der Waals surface area contributed by atoms with Gasteiger partial charge in [-0.3, -0.25) is 8.42 Å². The molecule has 0 aliphatic rings. The number of quaternary nitrogens is 2. The van der Waals surface area contributed by atoms with Crippen LogP contribution >= 0.6 is 0 Å². The summed E-state index contributed by atoms with van der Waals surface area (Å²) in [5.41, 5.74) is 0. The molecule has 0 N–H and O–H groups in total. The molecule has 0 radical (unpaired) electrons. The van der Waals surface area contributed by atoms with Gasteiger partial charge in [-0.25, -0.2) is 0 Å². The molecule has 0 aliphatic heterocycles. The quantitative estimate of drug-likeness (QED) is 0.266. The molecule has 0 rings (SSSR count). The Balaban J connectivity index is -0.000000416. The third-order valence-corrected chi connectivity index (χ3v) is 7.16. The second-order valence-electron chi connectivity index (χ2n) is 10.9. The van der Waals surface area contributed by atoms with Crippen LogP contribution in [0, 0.1) is 0 Å². The lowest BCUT2D eigenvalue weighted by molar-refractivity contribution is -1.00. The molecule has 0 amide bonds. The molecule has 0 spiro atoms. The van der Waals surface area contributed by atoms with Gasteiger partial charge in [0.1, 0.15) is 0 Å². The Labute approximate surface area is 196 Å². The van der Waals surface area contributed by atoms with Crippen molar-refractivity contribution in [3.63, 3.8) is 0 Å². The van der Waals surface area contributed by atoms with E-state index in [2.05, 4.69) is 111 Å². The van der Waals surface area contributed by atoms with Gasteiger partial charge in [0, 0.05) is 10.4 Å². The van der Waals surface area contributed by atoms with Crippen LogP contribution in [-0.4, -0.2) is 74.8 Å². The van der Waals surface area contributed by atoms with Crippen LogP contribution in [0.1, 0.15) is 111 Å². The Kier molecular flexibility index (Phi) is 16.1. The molecular weight excluding hydrogens is 412 g/mol. The van der Waals surface area contributed by atoms with E-state index in [4.69, 9.17) is 17.5 Å². The summed E-state index contributed by atoms with van der Waals surface area (Å²) in [6.07, 6.45) is 0. The van der Waals surface area contributed by atoms with Crippen molar-refractivity contribution < 1.29 is 26.5 Å². The van der Waals surface area contributed by atoms with E-state index in [9.17, 15) is 0 Å². The van der Waals surface area contributed by atoms with Gasteiger partial charge in [0.15, 0.2) is 0 Å². The largest absolute Gasteiger partial charge is 0.759 e. The second-order valence-corrected chi connectivity index (χ2v) is 11.8. The lowest BCUT2D eigenvalue weighted by Crippen LogP contribution is -2.65. The van der Waals surface area contributed by atoms with Crippen LogP contribution in [0.15, 0.2) is 0 Å². The molecule has 31 heavy (non-hydrogen) atoms. The maximum absolute atomic E-state index is 8.52. The van der Waals surface area contributed by atoms with Crippen molar-refractivity contribution >= 4 is 10.4 Å². The van der Waals surface area contributed by atoms with Crippen molar-refractivity contribution in [1.82, 2.24) is 0 Å². The molecule has 192 valence electrons. The zero-order valence-electron chi connectivity index (χ0n) is 23.6. The fourth-order valence-electron chi connectivity index (χ4n) is 7.16. The van der Waals surface area contributed by atoms with Gasteiger partial charge in [0.2, 0.25) is 0 Å². The summed E-state index contributed by atoms with van der Waals surface area (Å²) in [4.78, 5) is 0. The first-order chi connectivity index (χ1) is 13.5. The minimum absolute atomic E-state index is 0.708. The zero-order chi connectivity index (χ0) is 26.1. The molecule has 0 aliphatic carbocycles. The van der Waals surface area contributed by atoms with E-state index in [0.29, 0.717) is 48.3 Å². The molecule has 7 heteroatoms. The van der Waals surface area contributed by atoms with Crippen molar-refractivity contribution in [2.24, 2.45) is 0 Å². The molecular formula is C24H56N2O4S. The minimum atomic E-state index is -5.17. The Hall–Kier alpha value is -0.210. The van der Waals surface area contributed by atoms with Gasteiger partial charge in [-0.1, -0.05) is 0 Å². The fraction of sp³-hybridized carbons (Fsp3) is 1.00. The SMILES string of the molecule is CC(C)[N+](C(C)C)(C(C)C)C(C)C.CC(C)[N+](C(C)C)(C(C)C)C(C)C.O=S(=O)([O-])[O-]. The molecule has 0 saturated carbocycles. The van der Waals surface area contributed by atoms with E-state index in [0.717, 1.165) is 0 Å². The highest BCUT2D eigenvalue weighted by atomic mass is 32.3. The van der Waals surface area contributed by atoms with Gasteiger partial charge in [0.05, 0.1) is 48.3 Å². The highest BCUT2D eigenvalue weighted by Crippen LogP contribution is 2.29. The monoisotopic (exact) mass is 468 g/mol. The Bertz CT molecular complexity index is 447. The van der Waals surface area contributed by atoms with Crippen molar-refractivity contribution in [2.75, 3.05) is 0 Å². The van der Waals surface area contributed by atoms with Crippen LogP contribution in [0.5, 0.6) is 0 Å². The van der Waals surface area contributed by atoms with Crippen molar-refractivity contribution in [2.45, 2.75) is 159 Å². The normalized spacial score (nSPS) is 13.5. The van der Waals surface area contributed by atoms with Crippen molar-refractivity contribution in [1.29, 1.82) is 0 Å². The summed E-state index contributed by atoms with van der Waals surface area (Å²) in [7, 11) is -5.17. The third kappa shape index (κ3) is 10.1. The lowest BCUT2D eigenvalue weighted by atomic mass is 10.0. The fourth-order valence-corrected chi connectivity index (χ4v) is 7.16. The van der Waals surface area contributed by atoms with E-state index in [1.54, 1.807) is 0 Å². The predicted octanol–water partition coefficient (Wildman–Crippen LogP) is 5.54. The van der Waals surface area contributed by atoms with Crippen molar-refractivity contribution in [3.8, 4) is 0 Å². The molecule has 0 saturated heterocycles. The number of rotatable bonds is 8. The first-order valence-corrected chi connectivity index (χ1v) is 13.3. The van der Waals surface area contributed by atoms with Crippen LogP contribution in [0.3, 0.4) is 0 Å². The molecule has 0 aromatic rings. The standard InChI is InChI=1S/2C12H28N.H2O4S/c2*1-9(2)13(10(3)4,11(5)6)12(7)8;1-5(2,3)4/h2*9-12H,1-8H3;(H2,1,2,3,4)/q2*+1;/p-2. The van der Waals surface area contributed by atoms with Gasteiger partial charge in [-0.05, 0) is 111 Å². The average Bonchev–Trinajstić information content (AvgIpc) is 2.42. The van der Waals surface area contributed by atoms with Crippen LogP contribution in [0.2, 0.25) is 0 Å². The summed E-state index contributed by atoms with van der Waals surface area (Å²) >= 11 is 0. The summed E-state index contributed by atoms with van der Waals surface area (Å²) < 4.78 is 36.5. The predicted molar refractivity (Wildman–Crippen MR) is 132 cm³/mol. The van der Waals surface area contributed by atoms with E-state index in [1.165, 1.54) is 8.97 Å². The lowest BCUT2D eigenvalue weighted by Gasteiger charge is -2.52.